The smallest absolute Gasteiger partial charge is 0.243 e. The summed E-state index contributed by atoms with van der Waals surface area (Å²) in [6.07, 6.45) is 1.22. The van der Waals surface area contributed by atoms with E-state index in [1.807, 2.05) is 0 Å². The minimum Gasteiger partial charge on any atom is -0.496 e. The Morgan fingerprint density at radius 1 is 1.35 bits per heavy atom. The molecule has 1 aromatic carbocycles. The van der Waals surface area contributed by atoms with Crippen molar-refractivity contribution in [3.8, 4) is 17.6 Å². The van der Waals surface area contributed by atoms with E-state index in [4.69, 9.17) is 9.47 Å². The number of β-amino-alcohol motifs (C(OH)–C–C–N with tert-alkyl or cyclic N) is 1. The number of hydrogen-bond donors (Lipinski definition) is 1. The number of hydrogen-bond acceptors (Lipinski definition) is 5. The van der Waals surface area contributed by atoms with Gasteiger partial charge in [0, 0.05) is 17.7 Å². The number of nitrogens with zero attached hydrogens (tertiary/aromatic N) is 2. The van der Waals surface area contributed by atoms with Crippen LogP contribution in [0.15, 0.2) is 12.1 Å². The summed E-state index contributed by atoms with van der Waals surface area (Å²) in [6.45, 7) is 0.480. The lowest BCUT2D eigenvalue weighted by atomic mass is 9.68. The highest BCUT2D eigenvalue weighted by molar-refractivity contribution is 5.87. The van der Waals surface area contributed by atoms with Gasteiger partial charge in [-0.2, -0.15) is 5.26 Å². The van der Waals surface area contributed by atoms with Gasteiger partial charge in [-0.1, -0.05) is 0 Å². The first-order valence-electron chi connectivity index (χ1n) is 7.69. The monoisotopic (exact) mass is 316 g/mol. The number of nitriles is 1. The minimum atomic E-state index is -0.913. The number of aliphatic hydroxyl groups excluding tert-OH is 1. The third-order valence-corrected chi connectivity index (χ3v) is 4.91. The zero-order valence-corrected chi connectivity index (χ0v) is 13.3. The summed E-state index contributed by atoms with van der Waals surface area (Å²) in [5, 5.41) is 19.9. The van der Waals surface area contributed by atoms with Crippen LogP contribution >= 0.6 is 0 Å². The molecule has 1 aliphatic carbocycles. The highest BCUT2D eigenvalue weighted by Gasteiger charge is 2.48. The Labute approximate surface area is 135 Å². The van der Waals surface area contributed by atoms with Crippen molar-refractivity contribution < 1.29 is 19.4 Å². The molecule has 1 saturated carbocycles. The van der Waals surface area contributed by atoms with Gasteiger partial charge in [-0.3, -0.25) is 4.79 Å². The van der Waals surface area contributed by atoms with Crippen LogP contribution in [0, 0.1) is 16.7 Å². The maximum atomic E-state index is 12.8. The van der Waals surface area contributed by atoms with Crippen LogP contribution < -0.4 is 9.47 Å². The van der Waals surface area contributed by atoms with Crippen molar-refractivity contribution in [3.05, 3.63) is 23.3 Å². The molecular formula is C17H20N2O4. The first-order valence-corrected chi connectivity index (χ1v) is 7.69. The molecule has 1 N–H and O–H groups in total. The van der Waals surface area contributed by atoms with Gasteiger partial charge < -0.3 is 19.5 Å². The molecule has 1 aromatic rings. The molecule has 1 fully saturated rings. The Morgan fingerprint density at radius 2 is 2.00 bits per heavy atom. The molecule has 0 saturated heterocycles. The van der Waals surface area contributed by atoms with E-state index in [0.717, 1.165) is 12.0 Å². The molecule has 3 rings (SSSR count). The first-order chi connectivity index (χ1) is 11.1. The van der Waals surface area contributed by atoms with Crippen molar-refractivity contribution >= 4 is 5.91 Å². The summed E-state index contributed by atoms with van der Waals surface area (Å²) < 4.78 is 10.7. The van der Waals surface area contributed by atoms with E-state index in [1.54, 1.807) is 31.3 Å². The standard InChI is InChI=1S/C17H20N2O4/c1-22-13-4-5-14(23-2)15-11(13)8-19(9-12(15)20)16(21)17(10-18)6-3-7-17/h4-5,12,20H,3,6-9H2,1-2H3. The quantitative estimate of drug-likeness (QED) is 0.919. The van der Waals surface area contributed by atoms with Gasteiger partial charge in [-0.05, 0) is 31.4 Å². The van der Waals surface area contributed by atoms with E-state index in [-0.39, 0.29) is 12.5 Å². The molecule has 0 aromatic heterocycles. The van der Waals surface area contributed by atoms with Crippen LogP contribution in [0.4, 0.5) is 0 Å². The largest absolute Gasteiger partial charge is 0.496 e. The molecule has 6 nitrogen and oxygen atoms in total. The molecular weight excluding hydrogens is 296 g/mol. The van der Waals surface area contributed by atoms with Gasteiger partial charge in [0.05, 0.1) is 26.8 Å². The third kappa shape index (κ3) is 2.32. The number of rotatable bonds is 3. The van der Waals surface area contributed by atoms with E-state index in [9.17, 15) is 15.2 Å². The van der Waals surface area contributed by atoms with Crippen LogP contribution in [-0.2, 0) is 11.3 Å². The minimum absolute atomic E-state index is 0.165. The number of aliphatic hydroxyl groups is 1. The van der Waals surface area contributed by atoms with Crippen LogP contribution in [0.5, 0.6) is 11.5 Å². The Hall–Kier alpha value is -2.26. The number of methoxy groups -OCH3 is 2. The summed E-state index contributed by atoms with van der Waals surface area (Å²) in [5.41, 5.74) is 0.491. The first kappa shape index (κ1) is 15.6. The number of amides is 1. The van der Waals surface area contributed by atoms with Crippen LogP contribution in [0.1, 0.15) is 36.5 Å². The lowest BCUT2D eigenvalue weighted by Crippen LogP contribution is -2.49. The van der Waals surface area contributed by atoms with Gasteiger partial charge in [0.25, 0.3) is 0 Å². The van der Waals surface area contributed by atoms with E-state index in [0.29, 0.717) is 36.4 Å². The molecule has 6 heteroatoms. The fraction of sp³-hybridized carbons (Fsp3) is 0.529. The van der Waals surface area contributed by atoms with Crippen LogP contribution in [0.3, 0.4) is 0 Å². The average molecular weight is 316 g/mol. The fourth-order valence-corrected chi connectivity index (χ4v) is 3.44. The molecule has 122 valence electrons. The molecule has 0 spiro atoms. The van der Waals surface area contributed by atoms with Gasteiger partial charge >= 0.3 is 0 Å². The molecule has 1 heterocycles. The molecule has 23 heavy (non-hydrogen) atoms. The van der Waals surface area contributed by atoms with Gasteiger partial charge in [-0.15, -0.1) is 0 Å². The van der Waals surface area contributed by atoms with Crippen molar-refractivity contribution in [1.82, 2.24) is 4.90 Å². The SMILES string of the molecule is COc1ccc(OC)c2c1CN(C(=O)C1(C#N)CCC1)CC2O. The molecule has 1 aliphatic heterocycles. The number of carbonyl (C=O) groups is 1. The van der Waals surface area contributed by atoms with Crippen molar-refractivity contribution in [1.29, 1.82) is 5.26 Å². The summed E-state index contributed by atoms with van der Waals surface area (Å²) >= 11 is 0. The second-order valence-corrected chi connectivity index (χ2v) is 6.11. The lowest BCUT2D eigenvalue weighted by molar-refractivity contribution is -0.146. The Morgan fingerprint density at radius 3 is 2.52 bits per heavy atom. The van der Waals surface area contributed by atoms with Gasteiger partial charge in [0.1, 0.15) is 23.0 Å². The molecule has 1 unspecified atom stereocenters. The lowest BCUT2D eigenvalue weighted by Gasteiger charge is -2.41. The number of benzene rings is 1. The highest BCUT2D eigenvalue weighted by atomic mass is 16.5. The summed E-state index contributed by atoms with van der Waals surface area (Å²) in [5.74, 6) is 0.997. The second-order valence-electron chi connectivity index (χ2n) is 6.11. The molecule has 2 aliphatic rings. The maximum absolute atomic E-state index is 12.8. The molecule has 0 bridgehead atoms. The zero-order chi connectivity index (χ0) is 16.6. The third-order valence-electron chi connectivity index (χ3n) is 4.91. The second kappa shape index (κ2) is 5.74. The van der Waals surface area contributed by atoms with Crippen molar-refractivity contribution in [2.75, 3.05) is 20.8 Å². The molecule has 0 radical (unpaired) electrons. The van der Waals surface area contributed by atoms with Crippen molar-refractivity contribution in [2.24, 2.45) is 5.41 Å². The maximum Gasteiger partial charge on any atom is 0.243 e. The van der Waals surface area contributed by atoms with E-state index in [1.165, 1.54) is 0 Å². The molecule has 1 atom stereocenters. The van der Waals surface area contributed by atoms with Gasteiger partial charge in [0.15, 0.2) is 0 Å². The number of ether oxygens (including phenoxy) is 2. The van der Waals surface area contributed by atoms with E-state index in [2.05, 4.69) is 6.07 Å². The number of carbonyl (C=O) groups excluding carboxylic acids is 1. The van der Waals surface area contributed by atoms with E-state index >= 15 is 0 Å². The predicted molar refractivity (Wildman–Crippen MR) is 81.8 cm³/mol. The van der Waals surface area contributed by atoms with E-state index < -0.39 is 11.5 Å². The summed E-state index contributed by atoms with van der Waals surface area (Å²) in [7, 11) is 3.10. The Kier molecular flexibility index (Phi) is 3.90. The average Bonchev–Trinajstić information content (AvgIpc) is 2.53. The number of fused-ring (bicyclic) bond motifs is 1. The van der Waals surface area contributed by atoms with Gasteiger partial charge in [0.2, 0.25) is 5.91 Å². The zero-order valence-electron chi connectivity index (χ0n) is 13.3. The summed E-state index contributed by atoms with van der Waals surface area (Å²) in [4.78, 5) is 14.3. The van der Waals surface area contributed by atoms with Crippen molar-refractivity contribution in [2.45, 2.75) is 31.9 Å². The molecule has 1 amide bonds. The van der Waals surface area contributed by atoms with Crippen LogP contribution in [0.2, 0.25) is 0 Å². The summed E-state index contributed by atoms with van der Waals surface area (Å²) in [6, 6.07) is 5.69. The predicted octanol–water partition coefficient (Wildman–Crippen LogP) is 1.77. The topological polar surface area (TPSA) is 82.8 Å². The van der Waals surface area contributed by atoms with Crippen molar-refractivity contribution in [3.63, 3.8) is 0 Å². The normalized spacial score (nSPS) is 21.7. The van der Waals surface area contributed by atoms with Crippen LogP contribution in [0.25, 0.3) is 0 Å². The van der Waals surface area contributed by atoms with Gasteiger partial charge in [-0.25, -0.2) is 0 Å². The Bertz CT molecular complexity index is 676. The Balaban J connectivity index is 1.97. The van der Waals surface area contributed by atoms with Crippen LogP contribution in [-0.4, -0.2) is 36.7 Å². The highest BCUT2D eigenvalue weighted by Crippen LogP contribution is 2.45. The fourth-order valence-electron chi connectivity index (χ4n) is 3.44.